The first-order chi connectivity index (χ1) is 8.69. The van der Waals surface area contributed by atoms with E-state index in [4.69, 9.17) is 9.78 Å². The van der Waals surface area contributed by atoms with Crippen molar-refractivity contribution in [1.29, 1.82) is 5.26 Å². The van der Waals surface area contributed by atoms with Crippen LogP contribution in [0.15, 0.2) is 22.9 Å². The molecule has 0 radical (unpaired) electrons. The molecule has 0 atom stereocenters. The van der Waals surface area contributed by atoms with Crippen molar-refractivity contribution in [3.63, 3.8) is 0 Å². The standard InChI is InChI=1S/C12H13N5O/c1-17(2)6-5-11-15-12(18-16-11)10-4-3-9(7-13)8-14-10/h3-4,8H,5-6H2,1-2H3. The van der Waals surface area contributed by atoms with Gasteiger partial charge >= 0.3 is 0 Å². The van der Waals surface area contributed by atoms with Gasteiger partial charge in [0.1, 0.15) is 11.8 Å². The summed E-state index contributed by atoms with van der Waals surface area (Å²) in [7, 11) is 3.98. The average molecular weight is 243 g/mol. The predicted molar refractivity (Wildman–Crippen MR) is 64.5 cm³/mol. The number of nitriles is 1. The first-order valence-electron chi connectivity index (χ1n) is 5.53. The number of hydrogen-bond acceptors (Lipinski definition) is 6. The predicted octanol–water partition coefficient (Wildman–Crippen LogP) is 1.11. The van der Waals surface area contributed by atoms with Gasteiger partial charge < -0.3 is 9.42 Å². The highest BCUT2D eigenvalue weighted by molar-refractivity contribution is 5.47. The number of aromatic nitrogens is 3. The molecule has 2 aromatic rings. The number of hydrogen-bond donors (Lipinski definition) is 0. The van der Waals surface area contributed by atoms with Crippen molar-refractivity contribution in [2.24, 2.45) is 0 Å². The van der Waals surface area contributed by atoms with Crippen LogP contribution in [0.3, 0.4) is 0 Å². The Labute approximate surface area is 105 Å². The molecule has 0 amide bonds. The molecule has 6 heteroatoms. The van der Waals surface area contributed by atoms with Crippen molar-refractivity contribution in [3.8, 4) is 17.7 Å². The summed E-state index contributed by atoms with van der Waals surface area (Å²) >= 11 is 0. The second-order valence-corrected chi connectivity index (χ2v) is 4.11. The molecule has 18 heavy (non-hydrogen) atoms. The van der Waals surface area contributed by atoms with Crippen molar-refractivity contribution in [2.75, 3.05) is 20.6 Å². The first-order valence-corrected chi connectivity index (χ1v) is 5.53. The van der Waals surface area contributed by atoms with Gasteiger partial charge in [0.2, 0.25) is 0 Å². The lowest BCUT2D eigenvalue weighted by atomic mass is 10.2. The van der Waals surface area contributed by atoms with E-state index in [-0.39, 0.29) is 0 Å². The zero-order valence-corrected chi connectivity index (χ0v) is 10.3. The third kappa shape index (κ3) is 2.90. The number of rotatable bonds is 4. The lowest BCUT2D eigenvalue weighted by molar-refractivity contribution is 0.392. The molecule has 0 fully saturated rings. The van der Waals surface area contributed by atoms with Crippen molar-refractivity contribution in [2.45, 2.75) is 6.42 Å². The second-order valence-electron chi connectivity index (χ2n) is 4.11. The van der Waals surface area contributed by atoms with Gasteiger partial charge in [-0.05, 0) is 26.2 Å². The van der Waals surface area contributed by atoms with Crippen molar-refractivity contribution in [3.05, 3.63) is 29.7 Å². The van der Waals surface area contributed by atoms with Crippen LogP contribution < -0.4 is 0 Å². The molecule has 92 valence electrons. The van der Waals surface area contributed by atoms with E-state index in [1.165, 1.54) is 6.20 Å². The Kier molecular flexibility index (Phi) is 3.65. The highest BCUT2D eigenvalue weighted by atomic mass is 16.5. The van der Waals surface area contributed by atoms with Gasteiger partial charge in [-0.2, -0.15) is 10.2 Å². The highest BCUT2D eigenvalue weighted by Crippen LogP contribution is 2.14. The van der Waals surface area contributed by atoms with E-state index >= 15 is 0 Å². The van der Waals surface area contributed by atoms with Crippen LogP contribution in [0.5, 0.6) is 0 Å². The normalized spacial score (nSPS) is 10.6. The first kappa shape index (κ1) is 12.2. The van der Waals surface area contributed by atoms with E-state index in [0.717, 1.165) is 13.0 Å². The molecular weight excluding hydrogens is 230 g/mol. The Morgan fingerprint density at radius 3 is 2.83 bits per heavy atom. The van der Waals surface area contributed by atoms with E-state index in [2.05, 4.69) is 20.0 Å². The maximum atomic E-state index is 8.68. The Morgan fingerprint density at radius 1 is 1.39 bits per heavy atom. The summed E-state index contributed by atoms with van der Waals surface area (Å²) in [4.78, 5) is 10.4. The third-order valence-electron chi connectivity index (χ3n) is 2.36. The fraction of sp³-hybridized carbons (Fsp3) is 0.333. The maximum Gasteiger partial charge on any atom is 0.276 e. The number of pyridine rings is 1. The minimum absolute atomic E-state index is 0.383. The summed E-state index contributed by atoms with van der Waals surface area (Å²) in [6.45, 7) is 0.861. The fourth-order valence-electron chi connectivity index (χ4n) is 1.37. The fourth-order valence-corrected chi connectivity index (χ4v) is 1.37. The molecule has 0 aliphatic rings. The van der Waals surface area contributed by atoms with Gasteiger partial charge in [0.15, 0.2) is 5.82 Å². The maximum absolute atomic E-state index is 8.68. The third-order valence-corrected chi connectivity index (χ3v) is 2.36. The van der Waals surface area contributed by atoms with E-state index in [1.807, 2.05) is 20.2 Å². The van der Waals surface area contributed by atoms with Gasteiger partial charge in [0, 0.05) is 19.2 Å². The minimum Gasteiger partial charge on any atom is -0.332 e. The molecule has 0 aliphatic heterocycles. The summed E-state index contributed by atoms with van der Waals surface area (Å²) in [6, 6.07) is 5.38. The van der Waals surface area contributed by atoms with Crippen LogP contribution in [0.4, 0.5) is 0 Å². The molecule has 0 unspecified atom stereocenters. The summed E-state index contributed by atoms with van der Waals surface area (Å²) in [6.07, 6.45) is 2.21. The molecule has 0 N–H and O–H groups in total. The van der Waals surface area contributed by atoms with Crippen molar-refractivity contribution in [1.82, 2.24) is 20.0 Å². The molecule has 0 aliphatic carbocycles. The van der Waals surface area contributed by atoms with Gasteiger partial charge in [-0.25, -0.2) is 4.98 Å². The van der Waals surface area contributed by atoms with Crippen LogP contribution >= 0.6 is 0 Å². The molecular formula is C12H13N5O. The molecule has 0 saturated heterocycles. The average Bonchev–Trinajstić information content (AvgIpc) is 2.85. The summed E-state index contributed by atoms with van der Waals surface area (Å²) in [5, 5.41) is 12.6. The molecule has 2 rings (SSSR count). The van der Waals surface area contributed by atoms with Crippen LogP contribution in [0.2, 0.25) is 0 Å². The largest absolute Gasteiger partial charge is 0.332 e. The molecule has 6 nitrogen and oxygen atoms in total. The van der Waals surface area contributed by atoms with Crippen LogP contribution in [-0.2, 0) is 6.42 Å². The zero-order chi connectivity index (χ0) is 13.0. The van der Waals surface area contributed by atoms with E-state index in [9.17, 15) is 0 Å². The SMILES string of the molecule is CN(C)CCc1noc(-c2ccc(C#N)cn2)n1. The topological polar surface area (TPSA) is 78.8 Å². The van der Waals surface area contributed by atoms with Crippen LogP contribution in [-0.4, -0.2) is 40.7 Å². The Morgan fingerprint density at radius 2 is 2.22 bits per heavy atom. The molecule has 2 aromatic heterocycles. The monoisotopic (exact) mass is 243 g/mol. The molecule has 0 saturated carbocycles. The Hall–Kier alpha value is -2.26. The van der Waals surface area contributed by atoms with Crippen LogP contribution in [0.1, 0.15) is 11.4 Å². The number of nitrogens with zero attached hydrogens (tertiary/aromatic N) is 5. The smallest absolute Gasteiger partial charge is 0.276 e. The molecule has 0 bridgehead atoms. The summed E-state index contributed by atoms with van der Waals surface area (Å²) < 4.78 is 5.13. The summed E-state index contributed by atoms with van der Waals surface area (Å²) in [5.41, 5.74) is 1.09. The second kappa shape index (κ2) is 5.38. The van der Waals surface area contributed by atoms with Crippen molar-refractivity contribution < 1.29 is 4.52 Å². The zero-order valence-electron chi connectivity index (χ0n) is 10.3. The van der Waals surface area contributed by atoms with Gasteiger partial charge in [-0.3, -0.25) is 0 Å². The van der Waals surface area contributed by atoms with Crippen molar-refractivity contribution >= 4 is 0 Å². The Bertz CT molecular complexity index is 553. The van der Waals surface area contributed by atoms with Crippen LogP contribution in [0.25, 0.3) is 11.6 Å². The Balaban J connectivity index is 2.11. The molecule has 0 spiro atoms. The van der Waals surface area contributed by atoms with E-state index < -0.39 is 0 Å². The van der Waals surface area contributed by atoms with Gasteiger partial charge in [0.05, 0.1) is 5.56 Å². The molecule has 0 aromatic carbocycles. The van der Waals surface area contributed by atoms with Gasteiger partial charge in [-0.1, -0.05) is 5.16 Å². The lowest BCUT2D eigenvalue weighted by Gasteiger charge is -2.05. The quantitative estimate of drug-likeness (QED) is 0.800. The van der Waals surface area contributed by atoms with Crippen LogP contribution in [0, 0.1) is 11.3 Å². The highest BCUT2D eigenvalue weighted by Gasteiger charge is 2.10. The number of likely N-dealkylation sites (N-methyl/N-ethyl adjacent to an activating group) is 1. The molecule has 2 heterocycles. The van der Waals surface area contributed by atoms with Gasteiger partial charge in [0.25, 0.3) is 5.89 Å². The minimum atomic E-state index is 0.383. The van der Waals surface area contributed by atoms with E-state index in [0.29, 0.717) is 23.0 Å². The summed E-state index contributed by atoms with van der Waals surface area (Å²) in [5.74, 6) is 1.04. The lowest BCUT2D eigenvalue weighted by Crippen LogP contribution is -2.15. The van der Waals surface area contributed by atoms with E-state index in [1.54, 1.807) is 12.1 Å². The van der Waals surface area contributed by atoms with Gasteiger partial charge in [-0.15, -0.1) is 0 Å².